The van der Waals surface area contributed by atoms with Crippen LogP contribution in [0.2, 0.25) is 5.15 Å². The molecular weight excluding hydrogens is 280 g/mol. The van der Waals surface area contributed by atoms with Crippen molar-refractivity contribution in [3.8, 4) is 0 Å². The Bertz CT molecular complexity index is 448. The predicted molar refractivity (Wildman–Crippen MR) is 75.8 cm³/mol. The van der Waals surface area contributed by atoms with Crippen molar-refractivity contribution in [2.45, 2.75) is 25.4 Å². The number of piperidine rings is 1. The maximum atomic E-state index is 12.2. The van der Waals surface area contributed by atoms with Crippen LogP contribution in [0.15, 0.2) is 18.2 Å². The summed E-state index contributed by atoms with van der Waals surface area (Å²) in [7, 11) is 0. The topological polar surface area (TPSA) is 62.7 Å². The van der Waals surface area contributed by atoms with Crippen LogP contribution >= 0.6 is 11.6 Å². The normalized spacial score (nSPS) is 16.4. The lowest BCUT2D eigenvalue weighted by molar-refractivity contribution is 0.00384. The SMILES string of the molecule is O=C(c1cccc(Cl)n1)N1CCC(OCCCO)CC1. The predicted octanol–water partition coefficient (Wildman–Crippen LogP) is 1.74. The van der Waals surface area contributed by atoms with Crippen molar-refractivity contribution in [1.29, 1.82) is 0 Å². The second kappa shape index (κ2) is 7.57. The standard InChI is InChI=1S/C14H19ClN2O3/c15-13-4-1-3-12(16-13)14(19)17-7-5-11(6-8-17)20-10-2-9-18/h1,3-4,11,18H,2,5-10H2. The smallest absolute Gasteiger partial charge is 0.272 e. The zero-order valence-electron chi connectivity index (χ0n) is 11.3. The van der Waals surface area contributed by atoms with E-state index in [0.29, 0.717) is 37.0 Å². The number of rotatable bonds is 5. The van der Waals surface area contributed by atoms with Crippen LogP contribution < -0.4 is 0 Å². The van der Waals surface area contributed by atoms with Gasteiger partial charge >= 0.3 is 0 Å². The second-order valence-electron chi connectivity index (χ2n) is 4.79. The van der Waals surface area contributed by atoms with Crippen LogP contribution in [-0.4, -0.2) is 53.3 Å². The van der Waals surface area contributed by atoms with Gasteiger partial charge in [-0.1, -0.05) is 17.7 Å². The molecule has 0 spiro atoms. The molecule has 1 fully saturated rings. The van der Waals surface area contributed by atoms with Gasteiger partial charge in [0.05, 0.1) is 6.10 Å². The van der Waals surface area contributed by atoms with Crippen molar-refractivity contribution in [1.82, 2.24) is 9.88 Å². The molecule has 0 bridgehead atoms. The van der Waals surface area contributed by atoms with Crippen LogP contribution in [0.4, 0.5) is 0 Å². The number of likely N-dealkylation sites (tertiary alicyclic amines) is 1. The Morgan fingerprint density at radius 2 is 2.20 bits per heavy atom. The summed E-state index contributed by atoms with van der Waals surface area (Å²) in [5.41, 5.74) is 0.386. The van der Waals surface area contributed by atoms with Crippen molar-refractivity contribution >= 4 is 17.5 Å². The summed E-state index contributed by atoms with van der Waals surface area (Å²) >= 11 is 5.80. The molecule has 0 unspecified atom stereocenters. The van der Waals surface area contributed by atoms with E-state index in [1.807, 2.05) is 0 Å². The Hall–Kier alpha value is -1.17. The third kappa shape index (κ3) is 4.16. The minimum absolute atomic E-state index is 0.0821. The first kappa shape index (κ1) is 15.2. The number of aromatic nitrogens is 1. The number of nitrogens with zero attached hydrogens (tertiary/aromatic N) is 2. The van der Waals surface area contributed by atoms with E-state index < -0.39 is 0 Å². The number of ether oxygens (including phenoxy) is 1. The molecule has 2 heterocycles. The van der Waals surface area contributed by atoms with Crippen LogP contribution in [0, 0.1) is 0 Å². The number of aliphatic hydroxyl groups is 1. The average molecular weight is 299 g/mol. The van der Waals surface area contributed by atoms with Crippen molar-refractivity contribution in [2.24, 2.45) is 0 Å². The van der Waals surface area contributed by atoms with Crippen LogP contribution in [-0.2, 0) is 4.74 Å². The number of pyridine rings is 1. The minimum Gasteiger partial charge on any atom is -0.396 e. The molecule has 1 amide bonds. The number of amides is 1. The molecule has 110 valence electrons. The summed E-state index contributed by atoms with van der Waals surface area (Å²) in [6, 6.07) is 5.06. The van der Waals surface area contributed by atoms with Gasteiger partial charge in [-0.05, 0) is 31.4 Å². The Balaban J connectivity index is 1.83. The van der Waals surface area contributed by atoms with E-state index in [0.717, 1.165) is 12.8 Å². The molecule has 0 aromatic carbocycles. The number of aliphatic hydroxyl groups excluding tert-OH is 1. The van der Waals surface area contributed by atoms with Crippen LogP contribution in [0.1, 0.15) is 29.8 Å². The third-order valence-electron chi connectivity index (χ3n) is 3.32. The summed E-state index contributed by atoms with van der Waals surface area (Å²) in [5, 5.41) is 9.04. The lowest BCUT2D eigenvalue weighted by Crippen LogP contribution is -2.41. The van der Waals surface area contributed by atoms with Crippen molar-refractivity contribution in [2.75, 3.05) is 26.3 Å². The monoisotopic (exact) mass is 298 g/mol. The fourth-order valence-corrected chi connectivity index (χ4v) is 2.39. The number of hydrogen-bond donors (Lipinski definition) is 1. The zero-order chi connectivity index (χ0) is 14.4. The Kier molecular flexibility index (Phi) is 5.76. The van der Waals surface area contributed by atoms with Gasteiger partial charge in [0.1, 0.15) is 10.8 Å². The number of hydrogen-bond acceptors (Lipinski definition) is 4. The number of carbonyl (C=O) groups is 1. The molecule has 0 saturated carbocycles. The van der Waals surface area contributed by atoms with Gasteiger partial charge in [0, 0.05) is 26.3 Å². The Morgan fingerprint density at radius 1 is 1.45 bits per heavy atom. The van der Waals surface area contributed by atoms with Crippen molar-refractivity contribution in [3.05, 3.63) is 29.0 Å². The maximum Gasteiger partial charge on any atom is 0.272 e. The molecule has 1 aromatic rings. The molecule has 0 aliphatic carbocycles. The summed E-state index contributed by atoms with van der Waals surface area (Å²) in [6.07, 6.45) is 2.47. The lowest BCUT2D eigenvalue weighted by Gasteiger charge is -2.31. The first-order valence-electron chi connectivity index (χ1n) is 6.85. The molecule has 0 radical (unpaired) electrons. The molecule has 0 atom stereocenters. The highest BCUT2D eigenvalue weighted by molar-refractivity contribution is 6.29. The Morgan fingerprint density at radius 3 is 2.85 bits per heavy atom. The summed E-state index contributed by atoms with van der Waals surface area (Å²) in [5.74, 6) is -0.0821. The fourth-order valence-electron chi connectivity index (χ4n) is 2.23. The first-order chi connectivity index (χ1) is 9.70. The molecule has 1 aliphatic heterocycles. The molecule has 1 saturated heterocycles. The number of carbonyl (C=O) groups excluding carboxylic acids is 1. The molecule has 1 N–H and O–H groups in total. The highest BCUT2D eigenvalue weighted by atomic mass is 35.5. The molecular formula is C14H19ClN2O3. The van der Waals surface area contributed by atoms with E-state index in [4.69, 9.17) is 21.4 Å². The Labute approximate surface area is 123 Å². The van der Waals surface area contributed by atoms with E-state index >= 15 is 0 Å². The van der Waals surface area contributed by atoms with Crippen LogP contribution in [0.25, 0.3) is 0 Å². The largest absolute Gasteiger partial charge is 0.396 e. The molecule has 6 heteroatoms. The van der Waals surface area contributed by atoms with Crippen molar-refractivity contribution in [3.63, 3.8) is 0 Å². The van der Waals surface area contributed by atoms with Crippen LogP contribution in [0.3, 0.4) is 0 Å². The van der Waals surface area contributed by atoms with E-state index in [2.05, 4.69) is 4.98 Å². The first-order valence-corrected chi connectivity index (χ1v) is 7.23. The highest BCUT2D eigenvalue weighted by Gasteiger charge is 2.24. The maximum absolute atomic E-state index is 12.2. The van der Waals surface area contributed by atoms with Gasteiger partial charge in [-0.2, -0.15) is 0 Å². The van der Waals surface area contributed by atoms with Gasteiger partial charge in [-0.25, -0.2) is 4.98 Å². The van der Waals surface area contributed by atoms with Gasteiger partial charge in [0.2, 0.25) is 0 Å². The summed E-state index contributed by atoms with van der Waals surface area (Å²) < 4.78 is 5.64. The van der Waals surface area contributed by atoms with Crippen molar-refractivity contribution < 1.29 is 14.6 Å². The van der Waals surface area contributed by atoms with Gasteiger partial charge in [-0.3, -0.25) is 4.79 Å². The molecule has 5 nitrogen and oxygen atoms in total. The van der Waals surface area contributed by atoms with Gasteiger partial charge < -0.3 is 14.7 Å². The quantitative estimate of drug-likeness (QED) is 0.664. The van der Waals surface area contributed by atoms with E-state index in [1.54, 1.807) is 23.1 Å². The fraction of sp³-hybridized carbons (Fsp3) is 0.571. The lowest BCUT2D eigenvalue weighted by atomic mass is 10.1. The van der Waals surface area contributed by atoms with Gasteiger partial charge in [0.25, 0.3) is 5.91 Å². The van der Waals surface area contributed by atoms with E-state index in [1.165, 1.54) is 0 Å². The number of halogens is 1. The highest BCUT2D eigenvalue weighted by Crippen LogP contribution is 2.16. The van der Waals surface area contributed by atoms with E-state index in [-0.39, 0.29) is 18.6 Å². The van der Waals surface area contributed by atoms with Gasteiger partial charge in [0.15, 0.2) is 0 Å². The summed E-state index contributed by atoms with van der Waals surface area (Å²) in [4.78, 5) is 18.1. The molecule has 2 rings (SSSR count). The minimum atomic E-state index is -0.0821. The zero-order valence-corrected chi connectivity index (χ0v) is 12.1. The molecule has 1 aromatic heterocycles. The van der Waals surface area contributed by atoms with Gasteiger partial charge in [-0.15, -0.1) is 0 Å². The van der Waals surface area contributed by atoms with E-state index in [9.17, 15) is 4.79 Å². The average Bonchev–Trinajstić information content (AvgIpc) is 2.47. The van der Waals surface area contributed by atoms with Crippen LogP contribution in [0.5, 0.6) is 0 Å². The molecule has 1 aliphatic rings. The second-order valence-corrected chi connectivity index (χ2v) is 5.17. The molecule has 20 heavy (non-hydrogen) atoms. The third-order valence-corrected chi connectivity index (χ3v) is 3.53. The summed E-state index contributed by atoms with van der Waals surface area (Å²) in [6.45, 7) is 2.05.